The normalized spacial score (nSPS) is 10.9. The number of para-hydroxylation sites is 2. The van der Waals surface area contributed by atoms with Crippen molar-refractivity contribution in [1.29, 1.82) is 0 Å². The molecule has 2 rings (SSSR count). The Morgan fingerprint density at radius 3 is 2.30 bits per heavy atom. The maximum atomic E-state index is 12.3. The molecular formula is C17H16ClNO4. The molecule has 23 heavy (non-hydrogen) atoms. The van der Waals surface area contributed by atoms with Gasteiger partial charge in [0.1, 0.15) is 5.75 Å². The first kappa shape index (κ1) is 16.8. The molecule has 0 heterocycles. The van der Waals surface area contributed by atoms with E-state index in [1.54, 1.807) is 48.5 Å². The molecule has 5 nitrogen and oxygen atoms in total. The lowest BCUT2D eigenvalue weighted by Crippen LogP contribution is -2.38. The molecule has 6 heteroatoms. The Hall–Kier alpha value is -2.53. The van der Waals surface area contributed by atoms with Crippen molar-refractivity contribution in [2.75, 3.05) is 5.32 Å². The first-order valence-corrected chi connectivity index (χ1v) is 7.26. The molecule has 0 unspecified atom stereocenters. The Labute approximate surface area is 138 Å². The first-order valence-electron chi connectivity index (χ1n) is 6.88. The van der Waals surface area contributed by atoms with Crippen molar-refractivity contribution < 1.29 is 19.4 Å². The largest absolute Gasteiger partial charge is 0.478 e. The van der Waals surface area contributed by atoms with Gasteiger partial charge in [-0.15, -0.1) is 0 Å². The van der Waals surface area contributed by atoms with Crippen molar-refractivity contribution in [3.05, 3.63) is 59.1 Å². The molecule has 0 spiro atoms. The van der Waals surface area contributed by atoms with Gasteiger partial charge in [0.25, 0.3) is 5.91 Å². The predicted molar refractivity (Wildman–Crippen MR) is 88.2 cm³/mol. The molecule has 0 aliphatic heterocycles. The molecule has 120 valence electrons. The summed E-state index contributed by atoms with van der Waals surface area (Å²) in [5.74, 6) is -1.16. The van der Waals surface area contributed by atoms with E-state index in [0.717, 1.165) is 0 Å². The monoisotopic (exact) mass is 333 g/mol. The topological polar surface area (TPSA) is 75.6 Å². The molecule has 2 N–H and O–H groups in total. The number of carbonyl (C=O) groups excluding carboxylic acids is 1. The van der Waals surface area contributed by atoms with Crippen LogP contribution in [0.5, 0.6) is 5.75 Å². The third-order valence-corrected chi connectivity index (χ3v) is 3.37. The van der Waals surface area contributed by atoms with Crippen molar-refractivity contribution in [1.82, 2.24) is 0 Å². The van der Waals surface area contributed by atoms with Gasteiger partial charge in [0.15, 0.2) is 5.60 Å². The van der Waals surface area contributed by atoms with Crippen LogP contribution in [-0.4, -0.2) is 22.6 Å². The summed E-state index contributed by atoms with van der Waals surface area (Å²) in [6.07, 6.45) is 0. The summed E-state index contributed by atoms with van der Waals surface area (Å²) in [5, 5.41) is 12.4. The third kappa shape index (κ3) is 4.23. The van der Waals surface area contributed by atoms with E-state index in [1.165, 1.54) is 13.8 Å². The zero-order valence-corrected chi connectivity index (χ0v) is 13.4. The van der Waals surface area contributed by atoms with Gasteiger partial charge in [-0.05, 0) is 50.2 Å². The van der Waals surface area contributed by atoms with Crippen molar-refractivity contribution in [2.45, 2.75) is 19.4 Å². The quantitative estimate of drug-likeness (QED) is 0.871. The van der Waals surface area contributed by atoms with E-state index < -0.39 is 11.6 Å². The van der Waals surface area contributed by atoms with Crippen LogP contribution < -0.4 is 10.1 Å². The summed E-state index contributed by atoms with van der Waals surface area (Å²) in [7, 11) is 0. The fourth-order valence-corrected chi connectivity index (χ4v) is 1.90. The summed E-state index contributed by atoms with van der Waals surface area (Å²) in [6, 6.07) is 13.1. The minimum Gasteiger partial charge on any atom is -0.478 e. The lowest BCUT2D eigenvalue weighted by Gasteiger charge is -2.23. The number of aliphatic carboxylic acids is 1. The molecule has 0 saturated carbocycles. The summed E-state index contributed by atoms with van der Waals surface area (Å²) in [4.78, 5) is 23.4. The van der Waals surface area contributed by atoms with Crippen molar-refractivity contribution >= 4 is 29.2 Å². The predicted octanol–water partition coefficient (Wildman–Crippen LogP) is 3.83. The molecule has 0 aromatic heterocycles. The highest BCUT2D eigenvalue weighted by molar-refractivity contribution is 6.30. The Morgan fingerprint density at radius 2 is 1.70 bits per heavy atom. The lowest BCUT2D eigenvalue weighted by molar-refractivity contribution is -0.152. The van der Waals surface area contributed by atoms with Crippen molar-refractivity contribution in [3.8, 4) is 5.75 Å². The van der Waals surface area contributed by atoms with Crippen LogP contribution in [0.1, 0.15) is 24.2 Å². The Balaban J connectivity index is 2.22. The van der Waals surface area contributed by atoms with Crippen LogP contribution in [0.4, 0.5) is 5.69 Å². The van der Waals surface area contributed by atoms with Crippen LogP contribution in [0, 0.1) is 0 Å². The number of ether oxygens (including phenoxy) is 1. The summed E-state index contributed by atoms with van der Waals surface area (Å²) >= 11 is 5.80. The minimum atomic E-state index is -1.42. The van der Waals surface area contributed by atoms with Crippen LogP contribution in [0.15, 0.2) is 48.5 Å². The fraction of sp³-hybridized carbons (Fsp3) is 0.176. The van der Waals surface area contributed by atoms with Gasteiger partial charge in [-0.1, -0.05) is 23.7 Å². The number of benzene rings is 2. The molecule has 1 amide bonds. The number of halogens is 1. The number of carboxylic acid groups (broad SMARTS) is 1. The molecule has 0 fully saturated rings. The van der Waals surface area contributed by atoms with E-state index in [-0.39, 0.29) is 11.7 Å². The smallest absolute Gasteiger partial charge is 0.347 e. The zero-order valence-electron chi connectivity index (χ0n) is 12.7. The molecule has 0 radical (unpaired) electrons. The highest BCUT2D eigenvalue weighted by atomic mass is 35.5. The van der Waals surface area contributed by atoms with Crippen LogP contribution >= 0.6 is 11.6 Å². The molecule has 0 bridgehead atoms. The van der Waals surface area contributed by atoms with E-state index in [1.807, 2.05) is 0 Å². The summed E-state index contributed by atoms with van der Waals surface area (Å²) in [6.45, 7) is 2.88. The number of carboxylic acids is 1. The molecule has 0 aliphatic carbocycles. The molecule has 2 aromatic rings. The van der Waals surface area contributed by atoms with Gasteiger partial charge in [0.2, 0.25) is 0 Å². The average Bonchev–Trinajstić information content (AvgIpc) is 2.49. The van der Waals surface area contributed by atoms with Crippen molar-refractivity contribution in [3.63, 3.8) is 0 Å². The number of carbonyl (C=O) groups is 2. The zero-order chi connectivity index (χ0) is 17.0. The van der Waals surface area contributed by atoms with Gasteiger partial charge < -0.3 is 15.2 Å². The molecule has 2 aromatic carbocycles. The highest BCUT2D eigenvalue weighted by Crippen LogP contribution is 2.28. The summed E-state index contributed by atoms with van der Waals surface area (Å²) in [5.41, 5.74) is -0.593. The number of hydrogen-bond acceptors (Lipinski definition) is 3. The van der Waals surface area contributed by atoms with Crippen LogP contribution in [-0.2, 0) is 4.79 Å². The number of nitrogens with one attached hydrogen (secondary N) is 1. The second-order valence-electron chi connectivity index (χ2n) is 5.37. The number of hydrogen-bond donors (Lipinski definition) is 2. The van der Waals surface area contributed by atoms with Crippen LogP contribution in [0.2, 0.25) is 5.02 Å². The van der Waals surface area contributed by atoms with E-state index >= 15 is 0 Å². The minimum absolute atomic E-state index is 0.280. The Morgan fingerprint density at radius 1 is 1.09 bits per heavy atom. The van der Waals surface area contributed by atoms with E-state index in [9.17, 15) is 9.59 Å². The fourth-order valence-electron chi connectivity index (χ4n) is 1.77. The maximum absolute atomic E-state index is 12.3. The third-order valence-electron chi connectivity index (χ3n) is 3.12. The lowest BCUT2D eigenvalue weighted by atomic mass is 10.1. The SMILES string of the molecule is CC(C)(Oc1ccccc1NC(=O)c1ccc(Cl)cc1)C(=O)O. The number of amides is 1. The van der Waals surface area contributed by atoms with E-state index in [0.29, 0.717) is 16.3 Å². The average molecular weight is 334 g/mol. The van der Waals surface area contributed by atoms with Gasteiger partial charge in [-0.3, -0.25) is 4.79 Å². The Kier molecular flexibility index (Phi) is 4.91. The highest BCUT2D eigenvalue weighted by Gasteiger charge is 2.30. The van der Waals surface area contributed by atoms with Gasteiger partial charge in [-0.25, -0.2) is 4.79 Å². The van der Waals surface area contributed by atoms with Crippen molar-refractivity contribution in [2.24, 2.45) is 0 Å². The molecular weight excluding hydrogens is 318 g/mol. The van der Waals surface area contributed by atoms with E-state index in [4.69, 9.17) is 21.4 Å². The van der Waals surface area contributed by atoms with Gasteiger partial charge >= 0.3 is 5.97 Å². The summed E-state index contributed by atoms with van der Waals surface area (Å²) < 4.78 is 5.51. The second kappa shape index (κ2) is 6.71. The van der Waals surface area contributed by atoms with E-state index in [2.05, 4.69) is 5.32 Å². The number of rotatable bonds is 5. The maximum Gasteiger partial charge on any atom is 0.347 e. The van der Waals surface area contributed by atoms with Gasteiger partial charge in [0.05, 0.1) is 5.69 Å². The molecule has 0 saturated heterocycles. The standard InChI is InChI=1S/C17H16ClNO4/c1-17(2,16(21)22)23-14-6-4-3-5-13(14)19-15(20)11-7-9-12(18)10-8-11/h3-10H,1-2H3,(H,19,20)(H,21,22). The van der Waals surface area contributed by atoms with Gasteiger partial charge in [-0.2, -0.15) is 0 Å². The second-order valence-corrected chi connectivity index (χ2v) is 5.81. The van der Waals surface area contributed by atoms with Crippen LogP contribution in [0.25, 0.3) is 0 Å². The number of anilines is 1. The molecule has 0 aliphatic rings. The first-order chi connectivity index (χ1) is 10.8. The molecule has 0 atom stereocenters. The Bertz CT molecular complexity index is 726. The van der Waals surface area contributed by atoms with Crippen LogP contribution in [0.3, 0.4) is 0 Å². The van der Waals surface area contributed by atoms with Gasteiger partial charge in [0, 0.05) is 10.6 Å².